The smallest absolute Gasteiger partial charge is 0.316 e. The molecular weight excluding hydrogens is 376 g/mol. The van der Waals surface area contributed by atoms with E-state index in [4.69, 9.17) is 9.47 Å². The molecule has 0 aliphatic rings. The fourth-order valence-electron chi connectivity index (χ4n) is 2.83. The van der Waals surface area contributed by atoms with Gasteiger partial charge in [0, 0.05) is 6.61 Å². The van der Waals surface area contributed by atoms with E-state index in [1.54, 1.807) is 0 Å². The van der Waals surface area contributed by atoms with Crippen molar-refractivity contribution in [3.05, 3.63) is 0 Å². The first kappa shape index (κ1) is 28.3. The second kappa shape index (κ2) is 17.0. The first-order valence-electron chi connectivity index (χ1n) is 11.1. The van der Waals surface area contributed by atoms with Crippen LogP contribution in [0.4, 0.5) is 0 Å². The maximum absolute atomic E-state index is 12.0. The van der Waals surface area contributed by atoms with E-state index >= 15 is 0 Å². The summed E-state index contributed by atoms with van der Waals surface area (Å²) < 4.78 is 10.7. The lowest BCUT2D eigenvalue weighted by atomic mass is 9.91. The molecular formula is C22H44O7. The molecule has 0 aromatic rings. The minimum absolute atomic E-state index is 0.0691. The molecule has 0 amide bonds. The van der Waals surface area contributed by atoms with Gasteiger partial charge < -0.3 is 29.9 Å². The number of rotatable bonds is 20. The van der Waals surface area contributed by atoms with Crippen molar-refractivity contribution in [2.45, 2.75) is 78.1 Å². The van der Waals surface area contributed by atoms with E-state index in [1.807, 2.05) is 0 Å². The molecule has 0 unspecified atom stereocenters. The highest BCUT2D eigenvalue weighted by Gasteiger charge is 2.37. The van der Waals surface area contributed by atoms with Crippen molar-refractivity contribution in [2.75, 3.05) is 46.2 Å². The van der Waals surface area contributed by atoms with E-state index in [1.165, 1.54) is 58.3 Å². The van der Waals surface area contributed by atoms with Crippen molar-refractivity contribution < 1.29 is 34.7 Å². The molecule has 0 spiro atoms. The first-order valence-corrected chi connectivity index (χ1v) is 11.1. The largest absolute Gasteiger partial charge is 0.464 e. The molecule has 0 aliphatic carbocycles. The highest BCUT2D eigenvalue weighted by Crippen LogP contribution is 2.22. The van der Waals surface area contributed by atoms with Crippen LogP contribution in [0.15, 0.2) is 0 Å². The van der Waals surface area contributed by atoms with Crippen LogP contribution in [0.2, 0.25) is 0 Å². The number of ether oxygens (including phenoxy) is 2. The van der Waals surface area contributed by atoms with Gasteiger partial charge in [-0.2, -0.15) is 0 Å². The zero-order chi connectivity index (χ0) is 22.0. The van der Waals surface area contributed by atoms with Crippen LogP contribution < -0.4 is 0 Å². The van der Waals surface area contributed by atoms with Crippen LogP contribution in [0, 0.1) is 10.8 Å². The van der Waals surface area contributed by atoms with Crippen LogP contribution in [0.5, 0.6) is 0 Å². The number of esters is 1. The standard InChI is InChI=1S/C22H44O7/c1-3-4-5-6-7-8-9-10-11-12-13-28-18-22(16-25,17-26)19-29-20(27)21(2,14-23)15-24/h23-26H,3-19H2,1-2H3. The fraction of sp³-hybridized carbons (Fsp3) is 0.955. The summed E-state index contributed by atoms with van der Waals surface area (Å²) in [7, 11) is 0. The highest BCUT2D eigenvalue weighted by atomic mass is 16.5. The van der Waals surface area contributed by atoms with Crippen molar-refractivity contribution >= 4 is 5.97 Å². The Bertz CT molecular complexity index is 393. The summed E-state index contributed by atoms with van der Waals surface area (Å²) in [4.78, 5) is 12.0. The number of aliphatic hydroxyl groups is 4. The van der Waals surface area contributed by atoms with Gasteiger partial charge in [-0.1, -0.05) is 64.7 Å². The van der Waals surface area contributed by atoms with E-state index in [9.17, 15) is 25.2 Å². The molecule has 7 heteroatoms. The number of aliphatic hydroxyl groups excluding tert-OH is 4. The lowest BCUT2D eigenvalue weighted by molar-refractivity contribution is -0.168. The number of hydrogen-bond donors (Lipinski definition) is 4. The average molecular weight is 421 g/mol. The van der Waals surface area contributed by atoms with Gasteiger partial charge >= 0.3 is 5.97 Å². The lowest BCUT2D eigenvalue weighted by Crippen LogP contribution is -2.44. The Morgan fingerprint density at radius 2 is 1.21 bits per heavy atom. The second-order valence-electron chi connectivity index (χ2n) is 8.50. The summed E-state index contributed by atoms with van der Waals surface area (Å²) in [6, 6.07) is 0. The molecule has 0 radical (unpaired) electrons. The molecule has 0 rings (SSSR count). The zero-order valence-corrected chi connectivity index (χ0v) is 18.5. The molecule has 0 aliphatic heterocycles. The Balaban J connectivity index is 3.99. The second-order valence-corrected chi connectivity index (χ2v) is 8.50. The van der Waals surface area contributed by atoms with Gasteiger partial charge in [-0.15, -0.1) is 0 Å². The van der Waals surface area contributed by atoms with Crippen LogP contribution in [0.3, 0.4) is 0 Å². The molecule has 0 aromatic carbocycles. The van der Waals surface area contributed by atoms with Gasteiger partial charge in [-0.3, -0.25) is 4.79 Å². The van der Waals surface area contributed by atoms with E-state index < -0.39 is 43.2 Å². The van der Waals surface area contributed by atoms with Gasteiger partial charge in [0.05, 0.1) is 38.4 Å². The maximum atomic E-state index is 12.0. The third-order valence-corrected chi connectivity index (χ3v) is 5.42. The van der Waals surface area contributed by atoms with Gasteiger partial charge in [0.2, 0.25) is 0 Å². The molecule has 0 saturated heterocycles. The van der Waals surface area contributed by atoms with Crippen molar-refractivity contribution in [3.8, 4) is 0 Å². The number of hydrogen-bond acceptors (Lipinski definition) is 7. The predicted octanol–water partition coefficient (Wildman–Crippen LogP) is 2.43. The summed E-state index contributed by atoms with van der Waals surface area (Å²) in [6.45, 7) is 2.06. The molecule has 0 saturated carbocycles. The molecule has 29 heavy (non-hydrogen) atoms. The molecule has 0 fully saturated rings. The minimum Gasteiger partial charge on any atom is -0.464 e. The molecule has 7 nitrogen and oxygen atoms in total. The summed E-state index contributed by atoms with van der Waals surface area (Å²) in [6.07, 6.45) is 12.3. The van der Waals surface area contributed by atoms with Gasteiger partial charge in [-0.05, 0) is 13.3 Å². The summed E-state index contributed by atoms with van der Waals surface area (Å²) in [5.74, 6) is -0.775. The number of unbranched alkanes of at least 4 members (excludes halogenated alkanes) is 9. The predicted molar refractivity (Wildman–Crippen MR) is 113 cm³/mol. The van der Waals surface area contributed by atoms with Crippen molar-refractivity contribution in [1.29, 1.82) is 0 Å². The molecule has 0 heterocycles. The number of carbonyl (C=O) groups excluding carboxylic acids is 1. The van der Waals surface area contributed by atoms with E-state index in [0.717, 1.165) is 12.8 Å². The Labute approximate surface area is 176 Å². The normalized spacial score (nSPS) is 12.3. The minimum atomic E-state index is -1.41. The zero-order valence-electron chi connectivity index (χ0n) is 18.5. The van der Waals surface area contributed by atoms with Crippen LogP contribution in [0.25, 0.3) is 0 Å². The lowest BCUT2D eigenvalue weighted by Gasteiger charge is -2.31. The van der Waals surface area contributed by atoms with Gasteiger partial charge in [0.15, 0.2) is 0 Å². The van der Waals surface area contributed by atoms with Crippen LogP contribution in [0.1, 0.15) is 78.1 Å². The van der Waals surface area contributed by atoms with Crippen molar-refractivity contribution in [3.63, 3.8) is 0 Å². The molecule has 4 N–H and O–H groups in total. The Morgan fingerprint density at radius 1 is 0.724 bits per heavy atom. The van der Waals surface area contributed by atoms with Crippen LogP contribution in [-0.4, -0.2) is 72.6 Å². The van der Waals surface area contributed by atoms with E-state index in [0.29, 0.717) is 6.61 Å². The van der Waals surface area contributed by atoms with Gasteiger partial charge in [-0.25, -0.2) is 0 Å². The quantitative estimate of drug-likeness (QED) is 0.177. The summed E-state index contributed by atoms with van der Waals surface area (Å²) >= 11 is 0. The van der Waals surface area contributed by atoms with Gasteiger partial charge in [0.25, 0.3) is 0 Å². The number of carbonyl (C=O) groups is 1. The van der Waals surface area contributed by atoms with Crippen LogP contribution >= 0.6 is 0 Å². The summed E-state index contributed by atoms with van der Waals surface area (Å²) in [5, 5.41) is 37.8. The Hall–Kier alpha value is -0.730. The molecule has 0 aromatic heterocycles. The average Bonchev–Trinajstić information content (AvgIpc) is 2.76. The fourth-order valence-corrected chi connectivity index (χ4v) is 2.83. The Morgan fingerprint density at radius 3 is 1.66 bits per heavy atom. The van der Waals surface area contributed by atoms with Crippen LogP contribution in [-0.2, 0) is 14.3 Å². The monoisotopic (exact) mass is 420 g/mol. The molecule has 0 bridgehead atoms. The third kappa shape index (κ3) is 11.9. The molecule has 174 valence electrons. The Kier molecular flexibility index (Phi) is 16.6. The third-order valence-electron chi connectivity index (χ3n) is 5.42. The van der Waals surface area contributed by atoms with Crippen molar-refractivity contribution in [1.82, 2.24) is 0 Å². The topological polar surface area (TPSA) is 116 Å². The SMILES string of the molecule is CCCCCCCCCCCCOCC(CO)(CO)COC(=O)C(C)(CO)CO. The first-order chi connectivity index (χ1) is 13.9. The van der Waals surface area contributed by atoms with Crippen molar-refractivity contribution in [2.24, 2.45) is 10.8 Å². The maximum Gasteiger partial charge on any atom is 0.316 e. The summed E-state index contributed by atoms with van der Waals surface area (Å²) in [5.41, 5.74) is -2.51. The highest BCUT2D eigenvalue weighted by molar-refractivity contribution is 5.76. The van der Waals surface area contributed by atoms with E-state index in [-0.39, 0.29) is 13.2 Å². The van der Waals surface area contributed by atoms with Gasteiger partial charge in [0.1, 0.15) is 12.0 Å². The molecule has 0 atom stereocenters. The van der Waals surface area contributed by atoms with E-state index in [2.05, 4.69) is 6.92 Å².